The summed E-state index contributed by atoms with van der Waals surface area (Å²) in [6.45, 7) is 0.611. The SMILES string of the molecule is O=CC[C@@H]1CN(c2ccccc2)C(=O)[C@]12C=CC=CC2. The Morgan fingerprint density at radius 3 is 2.70 bits per heavy atom. The number of aldehydes is 1. The number of hydrogen-bond donors (Lipinski definition) is 0. The van der Waals surface area contributed by atoms with Crippen molar-refractivity contribution in [2.24, 2.45) is 11.3 Å². The number of nitrogens with zero attached hydrogens (tertiary/aromatic N) is 1. The molecule has 0 unspecified atom stereocenters. The highest BCUT2D eigenvalue weighted by Gasteiger charge is 2.51. The quantitative estimate of drug-likeness (QED) is 0.790. The van der Waals surface area contributed by atoms with Crippen molar-refractivity contribution in [2.75, 3.05) is 11.4 Å². The molecule has 1 aromatic carbocycles. The lowest BCUT2D eigenvalue weighted by Gasteiger charge is -2.29. The number of para-hydroxylation sites is 1. The van der Waals surface area contributed by atoms with Crippen molar-refractivity contribution in [3.63, 3.8) is 0 Å². The molecule has 1 aliphatic heterocycles. The van der Waals surface area contributed by atoms with Gasteiger partial charge >= 0.3 is 0 Å². The first-order valence-electron chi connectivity index (χ1n) is 6.93. The summed E-state index contributed by atoms with van der Waals surface area (Å²) < 4.78 is 0. The van der Waals surface area contributed by atoms with E-state index in [0.29, 0.717) is 19.4 Å². The maximum atomic E-state index is 12.9. The van der Waals surface area contributed by atoms with Gasteiger partial charge in [0.2, 0.25) is 5.91 Å². The van der Waals surface area contributed by atoms with Crippen molar-refractivity contribution in [3.05, 3.63) is 54.6 Å². The molecule has 1 aliphatic carbocycles. The summed E-state index contributed by atoms with van der Waals surface area (Å²) in [7, 11) is 0. The second kappa shape index (κ2) is 5.08. The first kappa shape index (κ1) is 12.9. The van der Waals surface area contributed by atoms with E-state index in [0.717, 1.165) is 12.0 Å². The fourth-order valence-electron chi connectivity index (χ4n) is 3.22. The fourth-order valence-corrected chi connectivity index (χ4v) is 3.22. The topological polar surface area (TPSA) is 37.4 Å². The van der Waals surface area contributed by atoms with E-state index in [9.17, 15) is 9.59 Å². The molecule has 1 heterocycles. The average molecular weight is 267 g/mol. The van der Waals surface area contributed by atoms with Crippen molar-refractivity contribution in [1.29, 1.82) is 0 Å². The summed E-state index contributed by atoms with van der Waals surface area (Å²) in [5.41, 5.74) is 0.374. The van der Waals surface area contributed by atoms with Gasteiger partial charge in [-0.05, 0) is 18.6 Å². The van der Waals surface area contributed by atoms with E-state index in [-0.39, 0.29) is 11.8 Å². The normalized spacial score (nSPS) is 28.3. The van der Waals surface area contributed by atoms with Gasteiger partial charge in [-0.15, -0.1) is 0 Å². The number of anilines is 1. The van der Waals surface area contributed by atoms with Crippen LogP contribution in [0.2, 0.25) is 0 Å². The van der Waals surface area contributed by atoms with Gasteiger partial charge in [-0.1, -0.05) is 42.5 Å². The summed E-state index contributed by atoms with van der Waals surface area (Å²) in [5, 5.41) is 0. The highest BCUT2D eigenvalue weighted by molar-refractivity contribution is 6.02. The molecule has 0 saturated carbocycles. The zero-order chi connectivity index (χ0) is 14.0. The van der Waals surface area contributed by atoms with E-state index in [4.69, 9.17) is 0 Å². The van der Waals surface area contributed by atoms with Crippen LogP contribution in [0.3, 0.4) is 0 Å². The van der Waals surface area contributed by atoms with Gasteiger partial charge in [0.05, 0.1) is 5.41 Å². The van der Waals surface area contributed by atoms with E-state index in [1.54, 1.807) is 0 Å². The van der Waals surface area contributed by atoms with Crippen LogP contribution in [-0.4, -0.2) is 18.7 Å². The number of allylic oxidation sites excluding steroid dienone is 3. The van der Waals surface area contributed by atoms with Crippen LogP contribution in [0, 0.1) is 11.3 Å². The molecule has 2 aliphatic rings. The lowest BCUT2D eigenvalue weighted by molar-refractivity contribution is -0.124. The molecule has 3 nitrogen and oxygen atoms in total. The van der Waals surface area contributed by atoms with Gasteiger partial charge in [0, 0.05) is 24.6 Å². The minimum Gasteiger partial charge on any atom is -0.311 e. The number of carbonyl (C=O) groups excluding carboxylic acids is 2. The van der Waals surface area contributed by atoms with Gasteiger partial charge in [-0.2, -0.15) is 0 Å². The molecule has 0 radical (unpaired) electrons. The second-order valence-electron chi connectivity index (χ2n) is 5.38. The summed E-state index contributed by atoms with van der Waals surface area (Å²) in [4.78, 5) is 25.7. The molecule has 102 valence electrons. The first-order valence-corrected chi connectivity index (χ1v) is 6.93. The lowest BCUT2D eigenvalue weighted by atomic mass is 9.72. The van der Waals surface area contributed by atoms with Gasteiger partial charge in [0.1, 0.15) is 6.29 Å². The minimum atomic E-state index is -0.536. The first-order chi connectivity index (χ1) is 9.78. The molecule has 1 fully saturated rings. The third-order valence-electron chi connectivity index (χ3n) is 4.32. The average Bonchev–Trinajstić information content (AvgIpc) is 2.76. The second-order valence-corrected chi connectivity index (χ2v) is 5.38. The molecular weight excluding hydrogens is 250 g/mol. The molecule has 3 heteroatoms. The maximum Gasteiger partial charge on any atom is 0.237 e. The Bertz CT molecular complexity index is 576. The molecule has 20 heavy (non-hydrogen) atoms. The smallest absolute Gasteiger partial charge is 0.237 e. The van der Waals surface area contributed by atoms with Crippen LogP contribution in [0.1, 0.15) is 12.8 Å². The Labute approximate surface area is 118 Å². The Morgan fingerprint density at radius 1 is 1.25 bits per heavy atom. The molecule has 0 bridgehead atoms. The number of carbonyl (C=O) groups is 2. The summed E-state index contributed by atoms with van der Waals surface area (Å²) in [5.74, 6) is 0.157. The predicted molar refractivity (Wildman–Crippen MR) is 78.3 cm³/mol. The van der Waals surface area contributed by atoms with Gasteiger partial charge in [-0.25, -0.2) is 0 Å². The fraction of sp³-hybridized carbons (Fsp3) is 0.294. The monoisotopic (exact) mass is 267 g/mol. The molecule has 1 saturated heterocycles. The van der Waals surface area contributed by atoms with Gasteiger partial charge < -0.3 is 9.69 Å². The van der Waals surface area contributed by atoms with Crippen LogP contribution in [0.15, 0.2) is 54.6 Å². The highest BCUT2D eigenvalue weighted by atomic mass is 16.2. The Kier molecular flexibility index (Phi) is 3.26. The van der Waals surface area contributed by atoms with E-state index < -0.39 is 5.41 Å². The van der Waals surface area contributed by atoms with E-state index in [1.807, 2.05) is 59.5 Å². The number of rotatable bonds is 3. The zero-order valence-corrected chi connectivity index (χ0v) is 11.2. The van der Waals surface area contributed by atoms with Crippen molar-refractivity contribution in [2.45, 2.75) is 12.8 Å². The van der Waals surface area contributed by atoms with Crippen LogP contribution in [0.4, 0.5) is 5.69 Å². The Balaban J connectivity index is 1.98. The largest absolute Gasteiger partial charge is 0.311 e. The van der Waals surface area contributed by atoms with Crippen molar-refractivity contribution < 1.29 is 9.59 Å². The summed E-state index contributed by atoms with van der Waals surface area (Å²) in [6, 6.07) is 9.68. The van der Waals surface area contributed by atoms with Crippen LogP contribution < -0.4 is 4.90 Å². The van der Waals surface area contributed by atoms with Crippen LogP contribution in [0.25, 0.3) is 0 Å². The van der Waals surface area contributed by atoms with Crippen LogP contribution >= 0.6 is 0 Å². The molecule has 3 rings (SSSR count). The molecule has 1 aromatic rings. The molecular formula is C17H17NO2. The van der Waals surface area contributed by atoms with Crippen molar-refractivity contribution >= 4 is 17.9 Å². The number of hydrogen-bond acceptors (Lipinski definition) is 2. The molecule has 1 amide bonds. The van der Waals surface area contributed by atoms with Gasteiger partial charge in [-0.3, -0.25) is 4.79 Å². The summed E-state index contributed by atoms with van der Waals surface area (Å²) in [6.07, 6.45) is 9.92. The van der Waals surface area contributed by atoms with Crippen molar-refractivity contribution in [3.8, 4) is 0 Å². The van der Waals surface area contributed by atoms with Crippen molar-refractivity contribution in [1.82, 2.24) is 0 Å². The maximum absolute atomic E-state index is 12.9. The lowest BCUT2D eigenvalue weighted by Crippen LogP contribution is -2.35. The van der Waals surface area contributed by atoms with Crippen LogP contribution in [-0.2, 0) is 9.59 Å². The van der Waals surface area contributed by atoms with E-state index >= 15 is 0 Å². The highest BCUT2D eigenvalue weighted by Crippen LogP contribution is 2.46. The Hall–Kier alpha value is -2.16. The number of amides is 1. The van der Waals surface area contributed by atoms with Gasteiger partial charge in [0.25, 0.3) is 0 Å². The number of benzene rings is 1. The molecule has 0 aromatic heterocycles. The van der Waals surface area contributed by atoms with Crippen LogP contribution in [0.5, 0.6) is 0 Å². The standard InChI is InChI=1S/C17H17NO2/c19-12-9-14-13-18(15-7-3-1-4-8-15)16(20)17(14)10-5-2-6-11-17/h1-8,10,12,14H,9,11,13H2/t14-,17+/m1/s1. The van der Waals surface area contributed by atoms with Gasteiger partial charge in [0.15, 0.2) is 0 Å². The Morgan fingerprint density at radius 2 is 2.05 bits per heavy atom. The van der Waals surface area contributed by atoms with E-state index in [2.05, 4.69) is 0 Å². The predicted octanol–water partition coefficient (Wildman–Crippen LogP) is 2.74. The molecule has 0 N–H and O–H groups in total. The minimum absolute atomic E-state index is 0.0499. The zero-order valence-electron chi connectivity index (χ0n) is 11.2. The third-order valence-corrected chi connectivity index (χ3v) is 4.32. The third kappa shape index (κ3) is 1.90. The van der Waals surface area contributed by atoms with E-state index in [1.165, 1.54) is 0 Å². The molecule has 1 spiro atoms. The summed E-state index contributed by atoms with van der Waals surface area (Å²) >= 11 is 0. The molecule has 2 atom stereocenters.